The number of nitrogens with zero attached hydrogens (tertiary/aromatic N) is 4. The molecule has 0 spiro atoms. The molecule has 0 saturated carbocycles. The molecule has 7 heteroatoms. The molecule has 1 N–H and O–H groups in total. The molecule has 0 bridgehead atoms. The first kappa shape index (κ1) is 15.8. The highest BCUT2D eigenvalue weighted by Crippen LogP contribution is 2.27. The van der Waals surface area contributed by atoms with Crippen LogP contribution in [0.1, 0.15) is 32.6 Å². The molecular weight excluding hydrogens is 294 g/mol. The van der Waals surface area contributed by atoms with Gasteiger partial charge in [0.1, 0.15) is 0 Å². The van der Waals surface area contributed by atoms with Gasteiger partial charge in [-0.25, -0.2) is 9.79 Å². The van der Waals surface area contributed by atoms with Gasteiger partial charge in [-0.15, -0.1) is 6.58 Å². The molecule has 3 aliphatic heterocycles. The fraction of sp³-hybridized carbons (Fsp3) is 0.688. The van der Waals surface area contributed by atoms with Crippen LogP contribution in [0.2, 0.25) is 0 Å². The molecule has 0 aliphatic carbocycles. The Morgan fingerprint density at radius 2 is 2.00 bits per heavy atom. The molecule has 3 rings (SSSR count). The maximum Gasteiger partial charge on any atom is 0.325 e. The van der Waals surface area contributed by atoms with Gasteiger partial charge in [0.15, 0.2) is 18.2 Å². The van der Waals surface area contributed by atoms with Crippen LogP contribution in [0.3, 0.4) is 0 Å². The second kappa shape index (κ2) is 6.22. The molecule has 0 aromatic heterocycles. The van der Waals surface area contributed by atoms with Crippen LogP contribution in [0.25, 0.3) is 0 Å². The summed E-state index contributed by atoms with van der Waals surface area (Å²) in [5.41, 5.74) is 1.08. The average Bonchev–Trinajstić information content (AvgIpc) is 2.91. The Kier molecular flexibility index (Phi) is 4.28. The van der Waals surface area contributed by atoms with Crippen molar-refractivity contribution in [1.82, 2.24) is 20.0 Å². The first-order valence-electron chi connectivity index (χ1n) is 8.30. The van der Waals surface area contributed by atoms with E-state index in [-0.39, 0.29) is 11.9 Å². The van der Waals surface area contributed by atoms with Crippen molar-refractivity contribution in [3.63, 3.8) is 0 Å². The second-order valence-corrected chi connectivity index (χ2v) is 6.64. The first-order valence-corrected chi connectivity index (χ1v) is 8.30. The summed E-state index contributed by atoms with van der Waals surface area (Å²) >= 11 is 0. The summed E-state index contributed by atoms with van der Waals surface area (Å²) in [7, 11) is 1.69. The van der Waals surface area contributed by atoms with E-state index in [0.29, 0.717) is 6.54 Å². The fourth-order valence-electron chi connectivity index (χ4n) is 3.42. The van der Waals surface area contributed by atoms with E-state index in [1.807, 2.05) is 6.92 Å². The van der Waals surface area contributed by atoms with Crippen molar-refractivity contribution in [1.29, 1.82) is 0 Å². The zero-order chi connectivity index (χ0) is 16.6. The number of piperidine rings is 1. The molecule has 23 heavy (non-hydrogen) atoms. The van der Waals surface area contributed by atoms with Gasteiger partial charge in [0.2, 0.25) is 0 Å². The second-order valence-electron chi connectivity index (χ2n) is 6.64. The number of imide groups is 1. The molecule has 7 nitrogen and oxygen atoms in total. The Hall–Kier alpha value is -2.05. The summed E-state index contributed by atoms with van der Waals surface area (Å²) in [5.74, 6) is 0.605. The van der Waals surface area contributed by atoms with Gasteiger partial charge < -0.3 is 14.7 Å². The minimum atomic E-state index is -0.436. The molecule has 2 unspecified atom stereocenters. The quantitative estimate of drug-likeness (QED) is 0.788. The Morgan fingerprint density at radius 3 is 2.65 bits per heavy atom. The molecule has 3 heterocycles. The summed E-state index contributed by atoms with van der Waals surface area (Å²) < 4.78 is 0. The molecule has 0 radical (unpaired) electrons. The van der Waals surface area contributed by atoms with Crippen molar-refractivity contribution in [2.45, 2.75) is 44.8 Å². The SMILES string of the molecule is C=C(C)CCN1C(N2CCCCC2)=NC2C1C(=O)NC(=O)N2C. The number of guanidine groups is 1. The summed E-state index contributed by atoms with van der Waals surface area (Å²) in [6.45, 7) is 8.56. The van der Waals surface area contributed by atoms with Crippen LogP contribution in [0.5, 0.6) is 0 Å². The van der Waals surface area contributed by atoms with Gasteiger partial charge in [-0.3, -0.25) is 10.1 Å². The van der Waals surface area contributed by atoms with Gasteiger partial charge in [-0.05, 0) is 32.6 Å². The third-order valence-corrected chi connectivity index (χ3v) is 4.76. The van der Waals surface area contributed by atoms with Crippen LogP contribution < -0.4 is 5.32 Å². The molecule has 2 saturated heterocycles. The number of carbonyl (C=O) groups excluding carboxylic acids is 2. The number of fused-ring (bicyclic) bond motifs is 1. The van der Waals surface area contributed by atoms with Crippen LogP contribution in [0, 0.1) is 0 Å². The maximum absolute atomic E-state index is 12.4. The number of urea groups is 1. The van der Waals surface area contributed by atoms with Gasteiger partial charge in [-0.2, -0.15) is 0 Å². The van der Waals surface area contributed by atoms with Crippen LogP contribution in [-0.2, 0) is 4.79 Å². The molecule has 126 valence electrons. The highest BCUT2D eigenvalue weighted by molar-refractivity contribution is 6.03. The van der Waals surface area contributed by atoms with E-state index in [2.05, 4.69) is 21.7 Å². The van der Waals surface area contributed by atoms with E-state index in [4.69, 9.17) is 4.99 Å². The molecule has 0 aromatic carbocycles. The summed E-state index contributed by atoms with van der Waals surface area (Å²) in [6, 6.07) is -0.811. The van der Waals surface area contributed by atoms with E-state index in [0.717, 1.165) is 43.9 Å². The fourth-order valence-corrected chi connectivity index (χ4v) is 3.42. The molecule has 2 atom stereocenters. The predicted molar refractivity (Wildman–Crippen MR) is 87.9 cm³/mol. The number of likely N-dealkylation sites (N-methyl/N-ethyl adjacent to an activating group) is 1. The molecule has 3 amide bonds. The van der Waals surface area contributed by atoms with Gasteiger partial charge in [0.05, 0.1) is 0 Å². The third kappa shape index (κ3) is 2.92. The standard InChI is InChI=1S/C16H25N5O2/c1-11(2)7-10-21-12-13(19(3)16(23)18-14(12)22)17-15(21)20-8-5-4-6-9-20/h12-13H,1,4-10H2,2-3H3,(H,18,22,23). The Labute approximate surface area is 137 Å². The predicted octanol–water partition coefficient (Wildman–Crippen LogP) is 0.986. The highest BCUT2D eigenvalue weighted by atomic mass is 16.2. The first-order chi connectivity index (χ1) is 11.0. The lowest BCUT2D eigenvalue weighted by Gasteiger charge is -2.38. The minimum Gasteiger partial charge on any atom is -0.343 e. The number of rotatable bonds is 3. The van der Waals surface area contributed by atoms with Gasteiger partial charge >= 0.3 is 6.03 Å². The number of hydrogen-bond donors (Lipinski definition) is 1. The van der Waals surface area contributed by atoms with Crippen LogP contribution in [0.15, 0.2) is 17.1 Å². The highest BCUT2D eigenvalue weighted by Gasteiger charge is 2.49. The molecule has 2 fully saturated rings. The topological polar surface area (TPSA) is 68.2 Å². The smallest absolute Gasteiger partial charge is 0.325 e. The lowest BCUT2D eigenvalue weighted by molar-refractivity contribution is -0.127. The average molecular weight is 319 g/mol. The molecule has 0 aromatic rings. The number of aliphatic imine (C=N–C) groups is 1. The summed E-state index contributed by atoms with van der Waals surface area (Å²) in [6.07, 6.45) is 3.90. The van der Waals surface area contributed by atoms with E-state index in [1.54, 1.807) is 7.05 Å². The zero-order valence-corrected chi connectivity index (χ0v) is 13.9. The van der Waals surface area contributed by atoms with Gasteiger partial charge in [0, 0.05) is 26.7 Å². The number of carbonyl (C=O) groups is 2. The van der Waals surface area contributed by atoms with Crippen molar-refractivity contribution in [2.75, 3.05) is 26.7 Å². The molecule has 3 aliphatic rings. The van der Waals surface area contributed by atoms with E-state index in [1.165, 1.54) is 11.3 Å². The van der Waals surface area contributed by atoms with Crippen LogP contribution >= 0.6 is 0 Å². The largest absolute Gasteiger partial charge is 0.343 e. The monoisotopic (exact) mass is 319 g/mol. The van der Waals surface area contributed by atoms with Crippen LogP contribution in [0.4, 0.5) is 4.79 Å². The van der Waals surface area contributed by atoms with E-state index in [9.17, 15) is 9.59 Å². The normalized spacial score (nSPS) is 27.7. The van der Waals surface area contributed by atoms with Crippen LogP contribution in [-0.4, -0.2) is 71.5 Å². The Bertz CT molecular complexity index is 553. The minimum absolute atomic E-state index is 0.254. The van der Waals surface area contributed by atoms with Crippen molar-refractivity contribution in [3.05, 3.63) is 12.2 Å². The number of likely N-dealkylation sites (tertiary alicyclic amines) is 1. The van der Waals surface area contributed by atoms with Gasteiger partial charge in [0.25, 0.3) is 5.91 Å². The summed E-state index contributed by atoms with van der Waals surface area (Å²) in [4.78, 5) is 34.9. The van der Waals surface area contributed by atoms with Crippen molar-refractivity contribution in [3.8, 4) is 0 Å². The van der Waals surface area contributed by atoms with Crippen molar-refractivity contribution >= 4 is 17.9 Å². The van der Waals surface area contributed by atoms with E-state index < -0.39 is 12.2 Å². The lowest BCUT2D eigenvalue weighted by atomic mass is 10.1. The van der Waals surface area contributed by atoms with Crippen molar-refractivity contribution < 1.29 is 9.59 Å². The lowest BCUT2D eigenvalue weighted by Crippen LogP contribution is -2.64. The summed E-state index contributed by atoms with van der Waals surface area (Å²) in [5, 5.41) is 2.43. The zero-order valence-electron chi connectivity index (χ0n) is 13.9. The Balaban J connectivity index is 1.88. The number of amides is 3. The number of hydrogen-bond acceptors (Lipinski definition) is 5. The Morgan fingerprint density at radius 1 is 1.30 bits per heavy atom. The molecular formula is C16H25N5O2. The number of nitrogens with one attached hydrogen (secondary N) is 1. The third-order valence-electron chi connectivity index (χ3n) is 4.76. The van der Waals surface area contributed by atoms with Gasteiger partial charge in [-0.1, -0.05) is 5.57 Å². The van der Waals surface area contributed by atoms with E-state index >= 15 is 0 Å². The van der Waals surface area contributed by atoms with Crippen molar-refractivity contribution in [2.24, 2.45) is 4.99 Å². The maximum atomic E-state index is 12.4.